The first-order chi connectivity index (χ1) is 32.7. The number of aliphatic imine (C=N–C) groups is 1. The van der Waals surface area contributed by atoms with Crippen LogP contribution in [0.3, 0.4) is 0 Å². The number of carbonyl (C=O) groups is 8. The molecule has 1 aromatic rings. The molecule has 1 aromatic carbocycles. The van der Waals surface area contributed by atoms with Crippen LogP contribution in [0.25, 0.3) is 0 Å². The van der Waals surface area contributed by atoms with Crippen molar-refractivity contribution in [2.45, 2.75) is 63.2 Å². The van der Waals surface area contributed by atoms with Gasteiger partial charge in [-0.15, -0.1) is 0 Å². The molecule has 2 aliphatic rings. The summed E-state index contributed by atoms with van der Waals surface area (Å²) in [7, 11) is -0.205. The number of carboxylic acids is 3. The summed E-state index contributed by atoms with van der Waals surface area (Å²) in [5.41, 5.74) is 11.9. The second-order valence-electron chi connectivity index (χ2n) is 17.1. The van der Waals surface area contributed by atoms with Crippen LogP contribution in [0.15, 0.2) is 29.3 Å². The van der Waals surface area contributed by atoms with E-state index in [0.717, 1.165) is 10.5 Å². The Bertz CT molecular complexity index is 1890. The van der Waals surface area contributed by atoms with E-state index in [1.54, 1.807) is 33.9 Å². The summed E-state index contributed by atoms with van der Waals surface area (Å²) in [4.78, 5) is 113. The molecule has 3 rings (SSSR count). The largest absolute Gasteiger partial charge is 3.00 e. The number of carbonyl (C=O) groups excluding carboxylic acids is 8. The number of aliphatic hydroxyl groups is 1. The minimum Gasteiger partial charge on any atom is -0.549 e. The molecule has 396 valence electrons. The molecule has 0 saturated carbocycles. The molecular formula is C42H66BLuN12O14. The van der Waals surface area contributed by atoms with Gasteiger partial charge in [0.15, 0.2) is 5.96 Å². The Balaban J connectivity index is 0.0000168. The first-order valence-electron chi connectivity index (χ1n) is 22.8. The molecule has 0 aliphatic carbocycles. The number of benzene rings is 1. The van der Waals surface area contributed by atoms with E-state index < -0.39 is 92.9 Å². The molecule has 3 atom stereocenters. The molecule has 2 fully saturated rings. The Morgan fingerprint density at radius 3 is 1.79 bits per heavy atom. The van der Waals surface area contributed by atoms with Crippen molar-refractivity contribution in [1.82, 2.24) is 45.3 Å². The number of nitrogens with zero attached hydrogens (tertiary/aromatic N) is 7. The van der Waals surface area contributed by atoms with Crippen LogP contribution in [-0.2, 0) is 40.1 Å². The Hall–Kier alpha value is -4.73. The maximum absolute atomic E-state index is 13.5. The van der Waals surface area contributed by atoms with Crippen molar-refractivity contribution in [2.75, 3.05) is 112 Å². The van der Waals surface area contributed by atoms with Crippen molar-refractivity contribution in [1.29, 1.82) is 0 Å². The third-order valence-electron chi connectivity index (χ3n) is 11.5. The molecule has 26 nitrogen and oxygen atoms in total. The number of carboxylic acid groups (broad SMARTS) is 3. The number of rotatable bonds is 25. The molecular weight excluding hydrogens is 1080 g/mol. The topological polar surface area (TPSA) is 386 Å². The fraction of sp³-hybridized carbons (Fsp3) is 0.643. The summed E-state index contributed by atoms with van der Waals surface area (Å²) in [6.45, 7) is -0.387. The zero-order valence-corrected chi connectivity index (χ0v) is 40.9. The minimum absolute atomic E-state index is 0. The van der Waals surface area contributed by atoms with Gasteiger partial charge in [-0.25, -0.2) is 0 Å². The van der Waals surface area contributed by atoms with Crippen LogP contribution < -0.4 is 42.7 Å². The molecule has 28 heteroatoms. The molecule has 0 aromatic heterocycles. The van der Waals surface area contributed by atoms with E-state index in [1.165, 1.54) is 21.9 Å². The minimum atomic E-state index is -1.83. The summed E-state index contributed by atoms with van der Waals surface area (Å²) >= 11 is 0. The maximum atomic E-state index is 13.5. The normalized spacial score (nSPS) is 17.9. The van der Waals surface area contributed by atoms with Gasteiger partial charge in [-0.05, 0) is 49.8 Å². The quantitative estimate of drug-likeness (QED) is 0.0195. The molecule has 0 unspecified atom stereocenters. The number of β-amino-alcohol motifs (C(OH)–C–C–N with tert-alkyl or cyclic N) is 1. The average Bonchev–Trinajstić information content (AvgIpc) is 3.68. The van der Waals surface area contributed by atoms with Crippen molar-refractivity contribution in [3.8, 4) is 0 Å². The SMILES string of the molecule is CN(Cc1ccc(C(=O)NCC(=O)N2C[C@@H](O)C[C@H]2B(O)O)cc1)C(=O)CCCCNC(=O)[C@H](CCCN=C(N)N)NC(=O)CN1CCN(CC(=O)[O-])CCN(CC(=O)[O-])CCN(CC(=O)[O-])CC1.[Lu+3]. The standard InChI is InChI=1S/C42H69BN12O14.Lu/c1-50(23-29-7-9-30(10-8-29)40(66)48-22-36(59)55-24-31(56)21-33(55)43(68)69)35(58)6-2-3-11-46-41(67)32(5-4-12-47-42(44)45)49-34(57)25-51-13-15-52(26-37(60)61)17-19-54(28-39(64)65)20-18-53(16-14-51)27-38(62)63;/h7-10,31-33,56,68-69H,2-6,11-28H2,1H3,(H,46,67)(H,48,66)(H,49,57)(H,60,61)(H,62,63)(H,64,65)(H4,44,45,47);/q;+3/p-3/t31-,32-,33-;/m0./s1. The van der Waals surface area contributed by atoms with Gasteiger partial charge in [0, 0.05) is 117 Å². The number of guanidine groups is 1. The van der Waals surface area contributed by atoms with E-state index in [2.05, 4.69) is 20.9 Å². The van der Waals surface area contributed by atoms with Crippen LogP contribution in [0.2, 0.25) is 0 Å². The molecule has 2 saturated heterocycles. The molecule has 0 radical (unpaired) electrons. The van der Waals surface area contributed by atoms with Gasteiger partial charge in [0.2, 0.25) is 23.6 Å². The monoisotopic (exact) mass is 1150 g/mol. The van der Waals surface area contributed by atoms with E-state index in [-0.39, 0.29) is 159 Å². The van der Waals surface area contributed by atoms with Crippen molar-refractivity contribution < 1.29 is 106 Å². The number of amides is 5. The summed E-state index contributed by atoms with van der Waals surface area (Å²) in [6.07, 6.45) is 0.600. The predicted octanol–water partition coefficient (Wildman–Crippen LogP) is -9.36. The molecule has 2 heterocycles. The van der Waals surface area contributed by atoms with E-state index in [4.69, 9.17) is 11.5 Å². The molecule has 5 amide bonds. The smallest absolute Gasteiger partial charge is 0.549 e. The van der Waals surface area contributed by atoms with Crippen molar-refractivity contribution in [3.63, 3.8) is 0 Å². The fourth-order valence-corrected chi connectivity index (χ4v) is 7.80. The van der Waals surface area contributed by atoms with Crippen LogP contribution in [-0.4, -0.2) is 235 Å². The van der Waals surface area contributed by atoms with E-state index >= 15 is 0 Å². The maximum Gasteiger partial charge on any atom is 3.00 e. The molecule has 70 heavy (non-hydrogen) atoms. The summed E-state index contributed by atoms with van der Waals surface area (Å²) in [5.74, 6) is -7.49. The zero-order valence-electron chi connectivity index (χ0n) is 39.3. The number of likely N-dealkylation sites (tertiary alicyclic amines) is 1. The number of nitrogens with one attached hydrogen (secondary N) is 3. The van der Waals surface area contributed by atoms with Gasteiger partial charge < -0.3 is 82.1 Å². The number of aliphatic hydroxyl groups excluding tert-OH is 1. The molecule has 0 bridgehead atoms. The number of nitrogens with two attached hydrogens (primary N) is 2. The Morgan fingerprint density at radius 2 is 1.30 bits per heavy atom. The molecule has 0 spiro atoms. The fourth-order valence-electron chi connectivity index (χ4n) is 7.80. The van der Waals surface area contributed by atoms with Crippen LogP contribution in [0.1, 0.15) is 54.4 Å². The van der Waals surface area contributed by atoms with Crippen molar-refractivity contribution in [2.24, 2.45) is 16.5 Å². The zero-order chi connectivity index (χ0) is 51.0. The first kappa shape index (κ1) is 61.4. The summed E-state index contributed by atoms with van der Waals surface area (Å²) < 4.78 is 0. The third kappa shape index (κ3) is 23.9. The van der Waals surface area contributed by atoms with Gasteiger partial charge in [0.05, 0.1) is 43.0 Å². The second kappa shape index (κ2) is 32.3. The Labute approximate surface area is 436 Å². The van der Waals surface area contributed by atoms with Gasteiger partial charge in [-0.2, -0.15) is 0 Å². The van der Waals surface area contributed by atoms with E-state index in [9.17, 15) is 68.8 Å². The average molecular weight is 1150 g/mol. The van der Waals surface area contributed by atoms with Crippen molar-refractivity contribution in [3.05, 3.63) is 35.4 Å². The number of hydrogen-bond donors (Lipinski definition) is 8. The van der Waals surface area contributed by atoms with Crippen LogP contribution >= 0.6 is 0 Å². The number of unbranched alkanes of at least 4 members (excludes halogenated alkanes) is 1. The first-order valence-corrected chi connectivity index (χ1v) is 22.8. The Kier molecular flexibility index (Phi) is 28.3. The second-order valence-corrected chi connectivity index (χ2v) is 17.1. The van der Waals surface area contributed by atoms with Gasteiger partial charge in [-0.3, -0.25) is 48.6 Å². The van der Waals surface area contributed by atoms with E-state index in [1.807, 2.05) is 0 Å². The van der Waals surface area contributed by atoms with Gasteiger partial charge in [-0.1, -0.05) is 12.1 Å². The molecule has 2 aliphatic heterocycles. The molecule has 10 N–H and O–H groups in total. The number of hydrogen-bond acceptors (Lipinski definition) is 19. The van der Waals surface area contributed by atoms with Gasteiger partial charge >= 0.3 is 44.0 Å². The van der Waals surface area contributed by atoms with Crippen LogP contribution in [0.4, 0.5) is 0 Å². The Morgan fingerprint density at radius 1 is 0.786 bits per heavy atom. The van der Waals surface area contributed by atoms with Gasteiger partial charge in [0.1, 0.15) is 6.04 Å². The number of aliphatic carboxylic acids is 3. The van der Waals surface area contributed by atoms with Crippen molar-refractivity contribution >= 4 is 60.5 Å². The van der Waals surface area contributed by atoms with Crippen LogP contribution in [0.5, 0.6) is 0 Å². The summed E-state index contributed by atoms with van der Waals surface area (Å²) in [6, 6.07) is 5.40. The van der Waals surface area contributed by atoms with E-state index in [0.29, 0.717) is 19.3 Å². The van der Waals surface area contributed by atoms with Crippen LogP contribution in [0, 0.1) is 36.9 Å². The van der Waals surface area contributed by atoms with Gasteiger partial charge in [0.25, 0.3) is 5.91 Å². The summed E-state index contributed by atoms with van der Waals surface area (Å²) in [5, 5.41) is 71.4. The predicted molar refractivity (Wildman–Crippen MR) is 241 cm³/mol. The third-order valence-corrected chi connectivity index (χ3v) is 11.5.